The molecule has 17 heavy (non-hydrogen) atoms. The molecule has 1 aliphatic carbocycles. The van der Waals surface area contributed by atoms with Crippen LogP contribution in [0.5, 0.6) is 0 Å². The number of carbonyl (C=O) groups excluding carboxylic acids is 1. The molecule has 1 saturated carbocycles. The highest BCUT2D eigenvalue weighted by Gasteiger charge is 2.36. The van der Waals surface area contributed by atoms with Gasteiger partial charge in [0.1, 0.15) is 0 Å². The van der Waals surface area contributed by atoms with E-state index in [0.717, 1.165) is 37.3 Å². The molecule has 2 rings (SSSR count). The molecule has 3 nitrogen and oxygen atoms in total. The normalized spacial score (nSPS) is 33.8. The molecular weight excluding hydrogens is 212 g/mol. The summed E-state index contributed by atoms with van der Waals surface area (Å²) in [4.78, 5) is 14.1. The Morgan fingerprint density at radius 1 is 1.41 bits per heavy atom. The van der Waals surface area contributed by atoms with E-state index in [-0.39, 0.29) is 11.9 Å². The molecule has 2 aliphatic rings. The molecule has 0 aromatic heterocycles. The molecular formula is C14H26N2O. The zero-order valence-electron chi connectivity index (χ0n) is 11.4. The van der Waals surface area contributed by atoms with Crippen LogP contribution in [0.3, 0.4) is 0 Å². The minimum Gasteiger partial charge on any atom is -0.358 e. The third kappa shape index (κ3) is 2.82. The number of carbonyl (C=O) groups is 1. The molecule has 0 aromatic rings. The fourth-order valence-corrected chi connectivity index (χ4v) is 3.32. The lowest BCUT2D eigenvalue weighted by atomic mass is 9.69. The molecule has 1 amide bonds. The van der Waals surface area contributed by atoms with Crippen molar-refractivity contribution in [1.82, 2.24) is 10.2 Å². The zero-order valence-corrected chi connectivity index (χ0v) is 11.4. The molecule has 1 saturated heterocycles. The van der Waals surface area contributed by atoms with E-state index in [2.05, 4.69) is 24.1 Å². The molecule has 1 heterocycles. The number of amides is 1. The van der Waals surface area contributed by atoms with Gasteiger partial charge < -0.3 is 5.32 Å². The van der Waals surface area contributed by atoms with Gasteiger partial charge in [-0.1, -0.05) is 13.8 Å². The summed E-state index contributed by atoms with van der Waals surface area (Å²) in [5, 5.41) is 2.79. The minimum absolute atomic E-state index is 0.151. The Kier molecular flexibility index (Phi) is 4.08. The number of rotatable bonds is 4. The maximum absolute atomic E-state index is 11.7. The van der Waals surface area contributed by atoms with Crippen LogP contribution in [0.4, 0.5) is 0 Å². The lowest BCUT2D eigenvalue weighted by Crippen LogP contribution is -2.46. The first-order valence-electron chi connectivity index (χ1n) is 7.07. The van der Waals surface area contributed by atoms with Gasteiger partial charge in [0.2, 0.25) is 5.91 Å². The van der Waals surface area contributed by atoms with Gasteiger partial charge in [0.05, 0.1) is 6.04 Å². The first kappa shape index (κ1) is 12.9. The zero-order chi connectivity index (χ0) is 12.4. The van der Waals surface area contributed by atoms with Crippen LogP contribution in [0.2, 0.25) is 0 Å². The van der Waals surface area contributed by atoms with Gasteiger partial charge in [-0.05, 0) is 50.0 Å². The van der Waals surface area contributed by atoms with E-state index < -0.39 is 0 Å². The first-order valence-corrected chi connectivity index (χ1v) is 7.07. The quantitative estimate of drug-likeness (QED) is 0.811. The predicted molar refractivity (Wildman–Crippen MR) is 69.7 cm³/mol. The monoisotopic (exact) mass is 238 g/mol. The highest BCUT2D eigenvalue weighted by atomic mass is 16.2. The Hall–Kier alpha value is -0.570. The third-order valence-corrected chi connectivity index (χ3v) is 4.62. The highest BCUT2D eigenvalue weighted by molar-refractivity contribution is 5.81. The van der Waals surface area contributed by atoms with E-state index in [1.807, 2.05) is 0 Å². The minimum atomic E-state index is 0.151. The van der Waals surface area contributed by atoms with E-state index in [9.17, 15) is 4.79 Å². The summed E-state index contributed by atoms with van der Waals surface area (Å²) < 4.78 is 0. The van der Waals surface area contributed by atoms with Crippen molar-refractivity contribution < 1.29 is 4.79 Å². The molecule has 1 atom stereocenters. The second kappa shape index (κ2) is 5.38. The predicted octanol–water partition coefficient (Wildman–Crippen LogP) is 1.88. The van der Waals surface area contributed by atoms with E-state index >= 15 is 0 Å². The van der Waals surface area contributed by atoms with Crippen LogP contribution in [0.15, 0.2) is 0 Å². The Morgan fingerprint density at radius 3 is 2.71 bits per heavy atom. The van der Waals surface area contributed by atoms with Crippen LogP contribution in [-0.2, 0) is 4.79 Å². The number of nitrogens with one attached hydrogen (secondary N) is 1. The van der Waals surface area contributed by atoms with Gasteiger partial charge in [-0.15, -0.1) is 0 Å². The van der Waals surface area contributed by atoms with Crippen molar-refractivity contribution in [2.24, 2.45) is 17.8 Å². The Labute approximate surface area is 105 Å². The van der Waals surface area contributed by atoms with Crippen LogP contribution in [-0.4, -0.2) is 37.0 Å². The van der Waals surface area contributed by atoms with E-state index in [1.165, 1.54) is 19.3 Å². The summed E-state index contributed by atoms with van der Waals surface area (Å²) in [7, 11) is 1.75. The van der Waals surface area contributed by atoms with Gasteiger partial charge in [-0.2, -0.15) is 0 Å². The van der Waals surface area contributed by atoms with E-state index in [4.69, 9.17) is 0 Å². The van der Waals surface area contributed by atoms with Crippen molar-refractivity contribution in [3.05, 3.63) is 0 Å². The largest absolute Gasteiger partial charge is 0.358 e. The average Bonchev–Trinajstić information content (AvgIpc) is 2.69. The molecule has 0 radical (unpaired) electrons. The lowest BCUT2D eigenvalue weighted by molar-refractivity contribution is -0.125. The fourth-order valence-electron chi connectivity index (χ4n) is 3.32. The van der Waals surface area contributed by atoms with Crippen molar-refractivity contribution in [3.63, 3.8) is 0 Å². The maximum atomic E-state index is 11.7. The van der Waals surface area contributed by atoms with Crippen molar-refractivity contribution in [2.45, 2.75) is 45.6 Å². The number of nitrogens with zero attached hydrogens (tertiary/aromatic N) is 1. The molecule has 2 fully saturated rings. The van der Waals surface area contributed by atoms with Crippen LogP contribution < -0.4 is 5.32 Å². The Morgan fingerprint density at radius 2 is 2.12 bits per heavy atom. The molecule has 0 bridgehead atoms. The standard InChI is InChI=1S/C14H26N2O/c1-10(2)12-7-11(8-12)9-16-6-4-5-13(16)14(17)15-3/h10-13H,4-9H2,1-3H3,(H,15,17)/t11?,12?,13-/m1/s1. The summed E-state index contributed by atoms with van der Waals surface area (Å²) in [6.07, 6.45) is 4.96. The molecule has 1 aliphatic heterocycles. The Balaban J connectivity index is 1.78. The van der Waals surface area contributed by atoms with E-state index in [1.54, 1.807) is 7.05 Å². The summed E-state index contributed by atoms with van der Waals surface area (Å²) >= 11 is 0. The average molecular weight is 238 g/mol. The van der Waals surface area contributed by atoms with Crippen LogP contribution >= 0.6 is 0 Å². The summed E-state index contributed by atoms with van der Waals surface area (Å²) in [5.74, 6) is 2.82. The highest BCUT2D eigenvalue weighted by Crippen LogP contribution is 2.39. The number of hydrogen-bond donors (Lipinski definition) is 1. The van der Waals surface area contributed by atoms with Crippen molar-refractivity contribution in [2.75, 3.05) is 20.1 Å². The summed E-state index contributed by atoms with van der Waals surface area (Å²) in [6.45, 7) is 6.90. The van der Waals surface area contributed by atoms with Crippen LogP contribution in [0.25, 0.3) is 0 Å². The topological polar surface area (TPSA) is 32.3 Å². The maximum Gasteiger partial charge on any atom is 0.237 e. The second-order valence-electron chi connectivity index (χ2n) is 6.11. The molecule has 0 unspecified atom stereocenters. The van der Waals surface area contributed by atoms with Gasteiger partial charge in [-0.3, -0.25) is 9.69 Å². The van der Waals surface area contributed by atoms with Crippen LogP contribution in [0, 0.1) is 17.8 Å². The van der Waals surface area contributed by atoms with Crippen molar-refractivity contribution >= 4 is 5.91 Å². The molecule has 1 N–H and O–H groups in total. The Bertz CT molecular complexity index is 271. The van der Waals surface area contributed by atoms with Crippen LogP contribution in [0.1, 0.15) is 39.5 Å². The third-order valence-electron chi connectivity index (χ3n) is 4.62. The molecule has 0 aromatic carbocycles. The summed E-state index contributed by atoms with van der Waals surface area (Å²) in [6, 6.07) is 0.151. The number of hydrogen-bond acceptors (Lipinski definition) is 2. The summed E-state index contributed by atoms with van der Waals surface area (Å²) in [5.41, 5.74) is 0. The lowest BCUT2D eigenvalue weighted by Gasteiger charge is -2.41. The van der Waals surface area contributed by atoms with E-state index in [0.29, 0.717) is 0 Å². The van der Waals surface area contributed by atoms with Gasteiger partial charge in [0.15, 0.2) is 0 Å². The van der Waals surface area contributed by atoms with Gasteiger partial charge in [0.25, 0.3) is 0 Å². The van der Waals surface area contributed by atoms with Crippen molar-refractivity contribution in [3.8, 4) is 0 Å². The number of likely N-dealkylation sites (tertiary alicyclic amines) is 1. The fraction of sp³-hybridized carbons (Fsp3) is 0.929. The number of likely N-dealkylation sites (N-methyl/N-ethyl adjacent to an activating group) is 1. The smallest absolute Gasteiger partial charge is 0.237 e. The molecule has 0 spiro atoms. The van der Waals surface area contributed by atoms with Gasteiger partial charge >= 0.3 is 0 Å². The first-order chi connectivity index (χ1) is 8.11. The molecule has 98 valence electrons. The van der Waals surface area contributed by atoms with Gasteiger partial charge in [0, 0.05) is 13.6 Å². The van der Waals surface area contributed by atoms with Crippen molar-refractivity contribution in [1.29, 1.82) is 0 Å². The second-order valence-corrected chi connectivity index (χ2v) is 6.11. The van der Waals surface area contributed by atoms with Gasteiger partial charge in [-0.25, -0.2) is 0 Å². The SMILES string of the molecule is CNC(=O)[C@H]1CCCN1CC1CC(C(C)C)C1. The molecule has 3 heteroatoms.